The summed E-state index contributed by atoms with van der Waals surface area (Å²) in [6, 6.07) is 11.5. The molecule has 6 heteroatoms. The summed E-state index contributed by atoms with van der Waals surface area (Å²) in [7, 11) is -3.55. The van der Waals surface area contributed by atoms with E-state index in [1.165, 1.54) is 0 Å². The van der Waals surface area contributed by atoms with Crippen molar-refractivity contribution in [2.45, 2.75) is 20.8 Å². The Labute approximate surface area is 142 Å². The van der Waals surface area contributed by atoms with Gasteiger partial charge in [0.1, 0.15) is 0 Å². The SMILES string of the molecule is Cc1cc(C)c(-c2ccccc2)c(C)c1C(=O)O[PH](=O)[O-].[Li+]. The number of rotatable bonds is 3. The first-order valence-corrected chi connectivity index (χ1v) is 7.73. The topological polar surface area (TPSA) is 66.4 Å². The van der Waals surface area contributed by atoms with Crippen LogP contribution in [-0.4, -0.2) is 5.97 Å². The second-order valence-electron chi connectivity index (χ2n) is 4.89. The summed E-state index contributed by atoms with van der Waals surface area (Å²) < 4.78 is 15.0. The van der Waals surface area contributed by atoms with Crippen LogP contribution in [0.25, 0.3) is 11.1 Å². The smallest absolute Gasteiger partial charge is 0.771 e. The van der Waals surface area contributed by atoms with Crippen molar-refractivity contribution in [3.8, 4) is 11.1 Å². The van der Waals surface area contributed by atoms with Crippen molar-refractivity contribution in [3.63, 3.8) is 0 Å². The zero-order chi connectivity index (χ0) is 15.6. The van der Waals surface area contributed by atoms with Gasteiger partial charge in [0.15, 0.2) is 8.25 Å². The van der Waals surface area contributed by atoms with Crippen LogP contribution in [0.3, 0.4) is 0 Å². The van der Waals surface area contributed by atoms with Gasteiger partial charge in [-0.1, -0.05) is 36.4 Å². The predicted octanol–water partition coefficient (Wildman–Crippen LogP) is 0.190. The van der Waals surface area contributed by atoms with Crippen LogP contribution >= 0.6 is 8.25 Å². The van der Waals surface area contributed by atoms with Crippen molar-refractivity contribution >= 4 is 14.2 Å². The maximum Gasteiger partial charge on any atom is 1.00 e. The van der Waals surface area contributed by atoms with E-state index in [0.717, 1.165) is 22.3 Å². The maximum absolute atomic E-state index is 12.0. The summed E-state index contributed by atoms with van der Waals surface area (Å²) in [5, 5.41) is 0. The molecule has 2 aromatic carbocycles. The number of hydrogen-bond donors (Lipinski definition) is 0. The number of carbonyl (C=O) groups excluding carboxylic acids is 1. The molecule has 4 nitrogen and oxygen atoms in total. The molecule has 0 aliphatic rings. The van der Waals surface area contributed by atoms with Crippen LogP contribution in [0.5, 0.6) is 0 Å². The van der Waals surface area contributed by atoms with Crippen LogP contribution in [0.2, 0.25) is 0 Å². The standard InChI is InChI=1S/C16H17O4P.Li/c1-10-9-11(2)15(16(17)20-21(18)19)12(3)14(10)13-7-5-4-6-8-13;/h4-9,21H,1-3H3,(H,18,19);/q;+1/p-1. The van der Waals surface area contributed by atoms with Gasteiger partial charge in [-0.25, -0.2) is 4.79 Å². The molecule has 0 heterocycles. The molecule has 0 N–H and O–H groups in total. The maximum atomic E-state index is 12.0. The van der Waals surface area contributed by atoms with Crippen molar-refractivity contribution in [1.82, 2.24) is 0 Å². The van der Waals surface area contributed by atoms with Crippen LogP contribution in [0.4, 0.5) is 0 Å². The molecule has 0 amide bonds. The molecule has 1 atom stereocenters. The summed E-state index contributed by atoms with van der Waals surface area (Å²) >= 11 is 0. The molecule has 1 unspecified atom stereocenters. The third-order valence-electron chi connectivity index (χ3n) is 3.41. The fraction of sp³-hybridized carbons (Fsp3) is 0.188. The van der Waals surface area contributed by atoms with Crippen molar-refractivity contribution < 1.29 is 37.6 Å². The van der Waals surface area contributed by atoms with Gasteiger partial charge in [0, 0.05) is 0 Å². The van der Waals surface area contributed by atoms with E-state index in [2.05, 4.69) is 4.52 Å². The molecule has 2 aromatic rings. The second kappa shape index (κ2) is 7.81. The molecule has 22 heavy (non-hydrogen) atoms. The molecule has 0 radical (unpaired) electrons. The molecule has 110 valence electrons. The third-order valence-corrected chi connectivity index (χ3v) is 3.77. The first-order valence-electron chi connectivity index (χ1n) is 6.51. The number of benzene rings is 2. The van der Waals surface area contributed by atoms with Gasteiger partial charge < -0.3 is 9.42 Å². The predicted molar refractivity (Wildman–Crippen MR) is 80.5 cm³/mol. The van der Waals surface area contributed by atoms with E-state index in [9.17, 15) is 14.3 Å². The Balaban J connectivity index is 0.00000242. The van der Waals surface area contributed by atoms with Gasteiger partial charge in [-0.05, 0) is 48.6 Å². The summed E-state index contributed by atoms with van der Waals surface area (Å²) in [5.41, 5.74) is 4.69. The van der Waals surface area contributed by atoms with Gasteiger partial charge in [-0.3, -0.25) is 4.57 Å². The minimum absolute atomic E-state index is 0. The van der Waals surface area contributed by atoms with Gasteiger partial charge in [0.2, 0.25) is 0 Å². The molecule has 0 aliphatic heterocycles. The Bertz CT molecular complexity index is 714. The Morgan fingerprint density at radius 2 is 1.68 bits per heavy atom. The summed E-state index contributed by atoms with van der Waals surface area (Å²) in [5.74, 6) is -0.818. The molecular weight excluding hydrogens is 294 g/mol. The molecule has 0 saturated carbocycles. The molecule has 0 aliphatic carbocycles. The number of carbonyl (C=O) groups is 1. The Morgan fingerprint density at radius 3 is 2.23 bits per heavy atom. The summed E-state index contributed by atoms with van der Waals surface area (Å²) in [6.45, 7) is 5.54. The van der Waals surface area contributed by atoms with E-state index in [1.807, 2.05) is 43.3 Å². The van der Waals surface area contributed by atoms with E-state index in [4.69, 9.17) is 0 Å². The Kier molecular flexibility index (Phi) is 6.65. The van der Waals surface area contributed by atoms with E-state index in [1.54, 1.807) is 13.8 Å². The number of aryl methyl sites for hydroxylation is 2. The second-order valence-corrected chi connectivity index (χ2v) is 5.60. The minimum atomic E-state index is -3.55. The van der Waals surface area contributed by atoms with Crippen LogP contribution in [0, 0.1) is 20.8 Å². The first kappa shape index (κ1) is 18.7. The fourth-order valence-corrected chi connectivity index (χ4v) is 2.93. The molecule has 0 spiro atoms. The largest absolute Gasteiger partial charge is 1.00 e. The zero-order valence-corrected chi connectivity index (χ0v) is 14.1. The molecule has 0 saturated heterocycles. The van der Waals surface area contributed by atoms with E-state index in [-0.39, 0.29) is 18.9 Å². The number of hydrogen-bond acceptors (Lipinski definition) is 4. The molecule has 0 fully saturated rings. The third kappa shape index (κ3) is 3.91. The Morgan fingerprint density at radius 1 is 1.09 bits per heavy atom. The van der Waals surface area contributed by atoms with Crippen LogP contribution < -0.4 is 23.8 Å². The van der Waals surface area contributed by atoms with Crippen molar-refractivity contribution in [2.24, 2.45) is 0 Å². The van der Waals surface area contributed by atoms with Gasteiger partial charge in [0.25, 0.3) is 0 Å². The van der Waals surface area contributed by atoms with Crippen molar-refractivity contribution in [1.29, 1.82) is 0 Å². The summed E-state index contributed by atoms with van der Waals surface area (Å²) in [4.78, 5) is 22.7. The molecular formula is C16H16LiO4P. The zero-order valence-electron chi connectivity index (χ0n) is 13.1. The normalized spacial score (nSPS) is 11.5. The van der Waals surface area contributed by atoms with Gasteiger partial charge >= 0.3 is 24.8 Å². The first-order chi connectivity index (χ1) is 9.91. The minimum Gasteiger partial charge on any atom is -0.771 e. The van der Waals surface area contributed by atoms with Crippen molar-refractivity contribution in [2.75, 3.05) is 0 Å². The van der Waals surface area contributed by atoms with Gasteiger partial charge in [-0.2, -0.15) is 0 Å². The monoisotopic (exact) mass is 310 g/mol. The van der Waals surface area contributed by atoms with Gasteiger partial charge in [-0.15, -0.1) is 0 Å². The van der Waals surface area contributed by atoms with Crippen molar-refractivity contribution in [3.05, 3.63) is 58.7 Å². The van der Waals surface area contributed by atoms with E-state index < -0.39 is 14.2 Å². The fourth-order valence-electron chi connectivity index (χ4n) is 2.68. The Hall–Kier alpha value is -1.30. The van der Waals surface area contributed by atoms with Crippen LogP contribution in [-0.2, 0) is 9.09 Å². The van der Waals surface area contributed by atoms with Gasteiger partial charge in [0.05, 0.1) is 5.56 Å². The average Bonchev–Trinajstić information content (AvgIpc) is 2.38. The molecule has 0 aromatic heterocycles. The van der Waals surface area contributed by atoms with E-state index in [0.29, 0.717) is 11.1 Å². The average molecular weight is 310 g/mol. The van der Waals surface area contributed by atoms with E-state index >= 15 is 0 Å². The molecule has 2 rings (SSSR count). The molecule has 0 bridgehead atoms. The summed E-state index contributed by atoms with van der Waals surface area (Å²) in [6.07, 6.45) is 0. The van der Waals surface area contributed by atoms with Crippen LogP contribution in [0.1, 0.15) is 27.0 Å². The quantitative estimate of drug-likeness (QED) is 0.599. The van der Waals surface area contributed by atoms with Crippen LogP contribution in [0.15, 0.2) is 36.4 Å².